The molecule has 0 radical (unpaired) electrons. The monoisotopic (exact) mass is 218 g/mol. The summed E-state index contributed by atoms with van der Waals surface area (Å²) >= 11 is 7.24. The van der Waals surface area contributed by atoms with Gasteiger partial charge in [-0.15, -0.1) is 11.3 Å². The van der Waals surface area contributed by atoms with Crippen LogP contribution in [0.3, 0.4) is 0 Å². The van der Waals surface area contributed by atoms with Crippen LogP contribution in [0.2, 0.25) is 5.15 Å². The van der Waals surface area contributed by atoms with Crippen molar-refractivity contribution in [1.29, 1.82) is 0 Å². The number of methoxy groups -OCH3 is 1. The fourth-order valence-electron chi connectivity index (χ4n) is 1.37. The van der Waals surface area contributed by atoms with Crippen molar-refractivity contribution in [3.63, 3.8) is 0 Å². The maximum Gasteiger partial charge on any atom is 0.184 e. The van der Waals surface area contributed by atoms with E-state index in [1.54, 1.807) is 18.4 Å². The number of anilines is 1. The molecule has 0 amide bonds. The molecule has 2 rings (SSSR count). The number of nitrogens with one attached hydrogen (secondary N) is 1. The van der Waals surface area contributed by atoms with Gasteiger partial charge in [-0.25, -0.2) is 4.98 Å². The average molecular weight is 219 g/mol. The van der Waals surface area contributed by atoms with Crippen molar-refractivity contribution in [2.75, 3.05) is 12.4 Å². The molecule has 0 spiro atoms. The number of ether oxygens (including phenoxy) is 1. The Balaban J connectivity index is 1.81. The maximum absolute atomic E-state index is 5.70. The number of halogens is 1. The first kappa shape index (κ1) is 9.24. The molecule has 1 aliphatic carbocycles. The second kappa shape index (κ2) is 3.82. The van der Waals surface area contributed by atoms with Crippen LogP contribution in [0.15, 0.2) is 5.38 Å². The van der Waals surface area contributed by atoms with Gasteiger partial charge in [0.15, 0.2) is 5.13 Å². The number of rotatable bonds is 3. The molecule has 1 fully saturated rings. The molecule has 1 saturated carbocycles. The van der Waals surface area contributed by atoms with Gasteiger partial charge in [-0.1, -0.05) is 11.6 Å². The molecule has 1 aromatic rings. The number of nitrogens with zero attached hydrogens (tertiary/aromatic N) is 1. The van der Waals surface area contributed by atoms with E-state index in [1.807, 2.05) is 5.38 Å². The minimum Gasteiger partial charge on any atom is -0.381 e. The molecule has 0 bridgehead atoms. The molecule has 0 atom stereocenters. The average Bonchev–Trinajstić information content (AvgIpc) is 2.43. The Morgan fingerprint density at radius 2 is 2.46 bits per heavy atom. The minimum atomic E-state index is 0.424. The molecule has 1 aromatic heterocycles. The summed E-state index contributed by atoms with van der Waals surface area (Å²) in [4.78, 5) is 4.12. The lowest BCUT2D eigenvalue weighted by molar-refractivity contribution is 0.0329. The highest BCUT2D eigenvalue weighted by atomic mass is 35.5. The third kappa shape index (κ3) is 2.13. The molecular weight excluding hydrogens is 208 g/mol. The van der Waals surface area contributed by atoms with Gasteiger partial charge in [0.1, 0.15) is 5.15 Å². The van der Waals surface area contributed by atoms with Gasteiger partial charge < -0.3 is 10.1 Å². The van der Waals surface area contributed by atoms with Crippen LogP contribution in [0, 0.1) is 0 Å². The summed E-state index contributed by atoms with van der Waals surface area (Å²) in [6, 6.07) is 0.507. The highest BCUT2D eigenvalue weighted by molar-refractivity contribution is 7.14. The van der Waals surface area contributed by atoms with Crippen LogP contribution in [0.4, 0.5) is 5.13 Å². The summed E-state index contributed by atoms with van der Waals surface area (Å²) in [5, 5.41) is 6.61. The van der Waals surface area contributed by atoms with E-state index in [0.29, 0.717) is 17.3 Å². The Bertz CT molecular complexity index is 285. The molecule has 1 aliphatic rings. The molecule has 0 aromatic carbocycles. The zero-order valence-corrected chi connectivity index (χ0v) is 8.86. The van der Waals surface area contributed by atoms with Gasteiger partial charge in [-0.3, -0.25) is 0 Å². The normalized spacial score (nSPS) is 26.9. The SMILES string of the molecule is COC1CC(Nc2nc(Cl)cs2)C1. The van der Waals surface area contributed by atoms with E-state index in [9.17, 15) is 0 Å². The molecular formula is C8H11ClN2OS. The Morgan fingerprint density at radius 1 is 1.69 bits per heavy atom. The van der Waals surface area contributed by atoms with Gasteiger partial charge in [0.25, 0.3) is 0 Å². The Labute approximate surface area is 86.1 Å². The van der Waals surface area contributed by atoms with Crippen molar-refractivity contribution in [1.82, 2.24) is 4.98 Å². The molecule has 3 nitrogen and oxygen atoms in total. The Kier molecular flexibility index (Phi) is 2.71. The van der Waals surface area contributed by atoms with Gasteiger partial charge in [0.2, 0.25) is 0 Å². The van der Waals surface area contributed by atoms with E-state index in [-0.39, 0.29) is 0 Å². The Morgan fingerprint density at radius 3 is 3.00 bits per heavy atom. The third-order valence-electron chi connectivity index (χ3n) is 2.23. The first-order valence-electron chi connectivity index (χ1n) is 4.18. The predicted molar refractivity (Wildman–Crippen MR) is 54.6 cm³/mol. The van der Waals surface area contributed by atoms with Crippen molar-refractivity contribution in [3.8, 4) is 0 Å². The van der Waals surface area contributed by atoms with E-state index in [4.69, 9.17) is 16.3 Å². The summed E-state index contributed by atoms with van der Waals surface area (Å²) < 4.78 is 5.18. The summed E-state index contributed by atoms with van der Waals surface area (Å²) in [7, 11) is 1.75. The van der Waals surface area contributed by atoms with Crippen LogP contribution in [-0.2, 0) is 4.74 Å². The third-order valence-corrected chi connectivity index (χ3v) is 3.33. The molecule has 0 unspecified atom stereocenters. The zero-order valence-electron chi connectivity index (χ0n) is 7.29. The van der Waals surface area contributed by atoms with E-state index in [1.165, 1.54) is 0 Å². The van der Waals surface area contributed by atoms with E-state index in [2.05, 4.69) is 10.3 Å². The highest BCUT2D eigenvalue weighted by Gasteiger charge is 2.29. The maximum atomic E-state index is 5.70. The fraction of sp³-hybridized carbons (Fsp3) is 0.625. The van der Waals surface area contributed by atoms with Gasteiger partial charge >= 0.3 is 0 Å². The molecule has 1 N–H and O–H groups in total. The highest BCUT2D eigenvalue weighted by Crippen LogP contribution is 2.28. The number of hydrogen-bond acceptors (Lipinski definition) is 4. The van der Waals surface area contributed by atoms with Crippen molar-refractivity contribution in [2.24, 2.45) is 0 Å². The topological polar surface area (TPSA) is 34.1 Å². The number of thiazole rings is 1. The van der Waals surface area contributed by atoms with Crippen LogP contribution < -0.4 is 5.32 Å². The summed E-state index contributed by atoms with van der Waals surface area (Å²) in [5.74, 6) is 0. The first-order valence-corrected chi connectivity index (χ1v) is 5.44. The van der Waals surface area contributed by atoms with Gasteiger partial charge in [-0.2, -0.15) is 0 Å². The van der Waals surface area contributed by atoms with Crippen molar-refractivity contribution in [2.45, 2.75) is 25.0 Å². The lowest BCUT2D eigenvalue weighted by Gasteiger charge is -2.34. The molecule has 1 heterocycles. The summed E-state index contributed by atoms with van der Waals surface area (Å²) in [5.41, 5.74) is 0. The quantitative estimate of drug-likeness (QED) is 0.846. The fourth-order valence-corrected chi connectivity index (χ4v) is 2.29. The predicted octanol–water partition coefficient (Wildman–Crippen LogP) is 2.39. The largest absolute Gasteiger partial charge is 0.381 e. The molecule has 5 heteroatoms. The van der Waals surface area contributed by atoms with Crippen LogP contribution >= 0.6 is 22.9 Å². The van der Waals surface area contributed by atoms with Gasteiger partial charge in [0.05, 0.1) is 6.10 Å². The Hall–Kier alpha value is -0.320. The lowest BCUT2D eigenvalue weighted by Crippen LogP contribution is -2.40. The van der Waals surface area contributed by atoms with Crippen LogP contribution in [0.1, 0.15) is 12.8 Å². The number of hydrogen-bond donors (Lipinski definition) is 1. The molecule has 0 aliphatic heterocycles. The molecule has 13 heavy (non-hydrogen) atoms. The van der Waals surface area contributed by atoms with Crippen LogP contribution in [0.5, 0.6) is 0 Å². The van der Waals surface area contributed by atoms with E-state index >= 15 is 0 Å². The smallest absolute Gasteiger partial charge is 0.184 e. The van der Waals surface area contributed by atoms with E-state index in [0.717, 1.165) is 18.0 Å². The van der Waals surface area contributed by atoms with Crippen LogP contribution in [0.25, 0.3) is 0 Å². The van der Waals surface area contributed by atoms with Gasteiger partial charge in [0, 0.05) is 18.5 Å². The van der Waals surface area contributed by atoms with Crippen molar-refractivity contribution < 1.29 is 4.74 Å². The lowest BCUT2D eigenvalue weighted by atomic mass is 9.89. The van der Waals surface area contributed by atoms with Crippen molar-refractivity contribution >= 4 is 28.1 Å². The molecule has 72 valence electrons. The standard InChI is InChI=1S/C8H11ClN2OS/c1-12-6-2-5(3-6)10-8-11-7(9)4-13-8/h4-6H,2-3H2,1H3,(H,10,11). The van der Waals surface area contributed by atoms with Crippen molar-refractivity contribution in [3.05, 3.63) is 10.5 Å². The summed E-state index contributed by atoms with van der Waals surface area (Å²) in [6.45, 7) is 0. The minimum absolute atomic E-state index is 0.424. The summed E-state index contributed by atoms with van der Waals surface area (Å²) in [6.07, 6.45) is 2.55. The number of aromatic nitrogens is 1. The van der Waals surface area contributed by atoms with Crippen LogP contribution in [-0.4, -0.2) is 24.2 Å². The molecule has 0 saturated heterocycles. The second-order valence-corrected chi connectivity index (χ2v) is 4.39. The van der Waals surface area contributed by atoms with E-state index < -0.39 is 0 Å². The second-order valence-electron chi connectivity index (χ2n) is 3.15. The van der Waals surface area contributed by atoms with Gasteiger partial charge in [-0.05, 0) is 12.8 Å². The first-order chi connectivity index (χ1) is 6.28. The zero-order chi connectivity index (χ0) is 9.26.